The van der Waals surface area contributed by atoms with Crippen molar-refractivity contribution in [3.8, 4) is 17.2 Å². The highest BCUT2D eigenvalue weighted by Crippen LogP contribution is 2.45. The van der Waals surface area contributed by atoms with E-state index in [1.807, 2.05) is 24.3 Å². The van der Waals surface area contributed by atoms with Crippen LogP contribution in [0.5, 0.6) is 17.2 Å². The number of amides is 2. The lowest BCUT2D eigenvalue weighted by molar-refractivity contribution is 0.0926. The van der Waals surface area contributed by atoms with E-state index >= 15 is 0 Å². The Bertz CT molecular complexity index is 1570. The Labute approximate surface area is 238 Å². The summed E-state index contributed by atoms with van der Waals surface area (Å²) in [6, 6.07) is 28.8. The van der Waals surface area contributed by atoms with Gasteiger partial charge in [-0.3, -0.25) is 9.59 Å². The lowest BCUT2D eigenvalue weighted by atomic mass is 9.65. The highest BCUT2D eigenvalue weighted by Gasteiger charge is 2.37. The maximum Gasteiger partial charge on any atom is 0.519 e. The van der Waals surface area contributed by atoms with Gasteiger partial charge in [0.1, 0.15) is 17.2 Å². The Morgan fingerprint density at radius 1 is 0.659 bits per heavy atom. The second-order valence-corrected chi connectivity index (χ2v) is 10.3. The lowest BCUT2D eigenvalue weighted by Crippen LogP contribution is -2.30. The molecule has 0 radical (unpaired) electrons. The van der Waals surface area contributed by atoms with Crippen LogP contribution in [0.25, 0.3) is 0 Å². The third-order valence-corrected chi connectivity index (χ3v) is 8.03. The Morgan fingerprint density at radius 2 is 1.22 bits per heavy atom. The molecule has 4 aromatic rings. The van der Waals surface area contributed by atoms with Crippen molar-refractivity contribution in [2.75, 3.05) is 12.0 Å². The van der Waals surface area contributed by atoms with Gasteiger partial charge >= 0.3 is 6.16 Å². The fraction of sp³-hybridized carbons (Fsp3) is 0.206. The molecule has 41 heavy (non-hydrogen) atoms. The Balaban J connectivity index is 1.16. The maximum atomic E-state index is 12.8. The smallest absolute Gasteiger partial charge is 0.497 e. The van der Waals surface area contributed by atoms with E-state index < -0.39 is 18.0 Å². The average Bonchev–Trinajstić information content (AvgIpc) is 3.27. The van der Waals surface area contributed by atoms with Crippen molar-refractivity contribution in [1.29, 1.82) is 0 Å². The van der Waals surface area contributed by atoms with Crippen LogP contribution in [0.3, 0.4) is 0 Å². The predicted molar refractivity (Wildman–Crippen MR) is 154 cm³/mol. The minimum absolute atomic E-state index is 0.103. The summed E-state index contributed by atoms with van der Waals surface area (Å²) in [6.07, 6.45) is 4.70. The normalized spacial score (nSPS) is 15.8. The number of hydrogen-bond acceptors (Lipinski definition) is 6. The summed E-state index contributed by atoms with van der Waals surface area (Å²) < 4.78 is 16.2. The molecule has 1 aliphatic carbocycles. The molecule has 0 unspecified atom stereocenters. The first-order valence-electron chi connectivity index (χ1n) is 13.7. The lowest BCUT2D eigenvalue weighted by Gasteiger charge is -2.38. The van der Waals surface area contributed by atoms with Gasteiger partial charge in [0.25, 0.3) is 11.8 Å². The molecule has 1 heterocycles. The molecule has 0 saturated heterocycles. The number of hydrogen-bond donors (Lipinski definition) is 0. The minimum Gasteiger partial charge on any atom is -0.497 e. The van der Waals surface area contributed by atoms with Gasteiger partial charge in [-0.1, -0.05) is 61.7 Å². The van der Waals surface area contributed by atoms with E-state index in [9.17, 15) is 14.4 Å². The zero-order valence-corrected chi connectivity index (χ0v) is 22.7. The first-order chi connectivity index (χ1) is 20.0. The van der Waals surface area contributed by atoms with Gasteiger partial charge in [0.15, 0.2) is 0 Å². The van der Waals surface area contributed by atoms with E-state index in [2.05, 4.69) is 12.1 Å². The molecule has 4 aromatic carbocycles. The molecule has 0 atom stereocenters. The molecule has 6 rings (SSSR count). The average molecular weight is 548 g/mol. The number of methoxy groups -OCH3 is 1. The molecule has 0 bridgehead atoms. The minimum atomic E-state index is -0.917. The van der Waals surface area contributed by atoms with Crippen LogP contribution in [0, 0.1) is 0 Å². The molecule has 0 aromatic heterocycles. The summed E-state index contributed by atoms with van der Waals surface area (Å²) in [7, 11) is 1.67. The van der Waals surface area contributed by atoms with Crippen LogP contribution < -0.4 is 19.1 Å². The molecule has 1 aliphatic heterocycles. The summed E-state index contributed by atoms with van der Waals surface area (Å²) in [5.74, 6) is 0.500. The van der Waals surface area contributed by atoms with Crippen molar-refractivity contribution < 1.29 is 28.6 Å². The largest absolute Gasteiger partial charge is 0.519 e. The van der Waals surface area contributed by atoms with Crippen LogP contribution in [0.4, 0.5) is 10.5 Å². The molecule has 1 saturated carbocycles. The summed E-state index contributed by atoms with van der Waals surface area (Å²) in [6.45, 7) is 0. The summed E-state index contributed by atoms with van der Waals surface area (Å²) in [4.78, 5) is 39.4. The van der Waals surface area contributed by atoms with Gasteiger partial charge in [-0.15, -0.1) is 0 Å². The maximum absolute atomic E-state index is 12.8. The zero-order chi connectivity index (χ0) is 28.4. The number of ether oxygens (including phenoxy) is 3. The Hall–Kier alpha value is -4.91. The van der Waals surface area contributed by atoms with Gasteiger partial charge in [-0.2, -0.15) is 0 Å². The van der Waals surface area contributed by atoms with E-state index in [1.54, 1.807) is 61.7 Å². The first kappa shape index (κ1) is 26.3. The summed E-state index contributed by atoms with van der Waals surface area (Å²) in [5.41, 5.74) is 3.32. The number of fused-ring (bicyclic) bond motifs is 1. The van der Waals surface area contributed by atoms with Gasteiger partial charge in [-0.25, -0.2) is 9.69 Å². The molecule has 2 aliphatic rings. The van der Waals surface area contributed by atoms with E-state index in [4.69, 9.17) is 14.2 Å². The van der Waals surface area contributed by atoms with Crippen molar-refractivity contribution in [2.45, 2.75) is 37.5 Å². The summed E-state index contributed by atoms with van der Waals surface area (Å²) >= 11 is 0. The van der Waals surface area contributed by atoms with Crippen LogP contribution in [0.1, 0.15) is 63.9 Å². The van der Waals surface area contributed by atoms with Crippen LogP contribution >= 0.6 is 0 Å². The van der Waals surface area contributed by atoms with Gasteiger partial charge < -0.3 is 14.2 Å². The Morgan fingerprint density at radius 3 is 1.80 bits per heavy atom. The molecular weight excluding hydrogens is 518 g/mol. The van der Waals surface area contributed by atoms with Crippen LogP contribution in [0.2, 0.25) is 0 Å². The van der Waals surface area contributed by atoms with Gasteiger partial charge in [-0.05, 0) is 72.5 Å². The van der Waals surface area contributed by atoms with Crippen molar-refractivity contribution in [3.63, 3.8) is 0 Å². The third kappa shape index (κ3) is 4.95. The molecule has 7 heteroatoms. The first-order valence-corrected chi connectivity index (χ1v) is 13.7. The molecule has 206 valence electrons. The number of rotatable bonds is 6. The highest BCUT2D eigenvalue weighted by atomic mass is 16.7. The zero-order valence-electron chi connectivity index (χ0n) is 22.7. The second kappa shape index (κ2) is 10.9. The topological polar surface area (TPSA) is 82.1 Å². The fourth-order valence-corrected chi connectivity index (χ4v) is 5.97. The van der Waals surface area contributed by atoms with E-state index in [1.165, 1.54) is 23.6 Å². The molecule has 0 spiro atoms. The fourth-order valence-electron chi connectivity index (χ4n) is 5.97. The van der Waals surface area contributed by atoms with Crippen LogP contribution in [-0.4, -0.2) is 25.1 Å². The molecule has 0 N–H and O–H groups in total. The quantitative estimate of drug-likeness (QED) is 0.143. The van der Waals surface area contributed by atoms with Gasteiger partial charge in [0.2, 0.25) is 0 Å². The van der Waals surface area contributed by atoms with E-state index in [0.29, 0.717) is 22.6 Å². The number of benzene rings is 4. The number of nitrogens with zero attached hydrogens (tertiary/aromatic N) is 1. The van der Waals surface area contributed by atoms with E-state index in [-0.39, 0.29) is 11.2 Å². The number of carbonyl (C=O) groups is 3. The molecule has 7 nitrogen and oxygen atoms in total. The molecule has 2 amide bonds. The SMILES string of the molecule is COc1ccc(C2(c3ccc(OC(=O)Oc4cccc(N5C(=O)c6ccccc6C5=O)c4)cc3)CCCCC2)cc1. The van der Waals surface area contributed by atoms with Crippen LogP contribution in [0.15, 0.2) is 97.1 Å². The highest BCUT2D eigenvalue weighted by molar-refractivity contribution is 6.34. The standard InChI is InChI=1S/C34H29NO6/c1-39-26-16-12-23(13-17-26)34(20-5-2-6-21-34)24-14-18-27(19-15-24)40-33(38)41-28-9-7-8-25(22-28)35-31(36)29-10-3-4-11-30(29)32(35)37/h3-4,7-19,22H,2,5-6,20-21H2,1H3. The van der Waals surface area contributed by atoms with E-state index in [0.717, 1.165) is 36.3 Å². The molecule has 1 fully saturated rings. The Kier molecular flexibility index (Phi) is 7.01. The number of carbonyl (C=O) groups excluding carboxylic acids is 3. The van der Waals surface area contributed by atoms with Crippen molar-refractivity contribution in [3.05, 3.63) is 119 Å². The second-order valence-electron chi connectivity index (χ2n) is 10.3. The van der Waals surface area contributed by atoms with Crippen LogP contribution in [-0.2, 0) is 5.41 Å². The number of imide groups is 1. The molecular formula is C34H29NO6. The van der Waals surface area contributed by atoms with Gasteiger partial charge in [0, 0.05) is 11.5 Å². The predicted octanol–water partition coefficient (Wildman–Crippen LogP) is 7.32. The monoisotopic (exact) mass is 547 g/mol. The summed E-state index contributed by atoms with van der Waals surface area (Å²) in [5, 5.41) is 0. The van der Waals surface area contributed by atoms with Crippen molar-refractivity contribution >= 4 is 23.7 Å². The third-order valence-electron chi connectivity index (χ3n) is 8.03. The van der Waals surface area contributed by atoms with Crippen molar-refractivity contribution in [2.24, 2.45) is 0 Å². The number of anilines is 1. The van der Waals surface area contributed by atoms with Gasteiger partial charge in [0.05, 0.1) is 23.9 Å². The van der Waals surface area contributed by atoms with Crippen molar-refractivity contribution in [1.82, 2.24) is 0 Å².